The largest absolute Gasteiger partial charge is 0.273 e. The molecule has 0 saturated carbocycles. The summed E-state index contributed by atoms with van der Waals surface area (Å²) in [4.78, 5) is 14.5. The highest BCUT2D eigenvalue weighted by atomic mass is 35.5. The van der Waals surface area contributed by atoms with Crippen molar-refractivity contribution in [2.24, 2.45) is 0 Å². The van der Waals surface area contributed by atoms with Crippen LogP contribution in [-0.4, -0.2) is 14.3 Å². The van der Waals surface area contributed by atoms with Crippen molar-refractivity contribution in [2.75, 3.05) is 0 Å². The Morgan fingerprint density at radius 3 is 2.08 bits per heavy atom. The van der Waals surface area contributed by atoms with Crippen LogP contribution in [-0.2, 0) is 10.0 Å². The topological polar surface area (TPSA) is 75.3 Å². The molecule has 0 radical (unpaired) electrons. The highest BCUT2D eigenvalue weighted by molar-refractivity contribution is 7.89. The fourth-order valence-electron chi connectivity index (χ4n) is 2.49. The van der Waals surface area contributed by atoms with E-state index in [1.165, 1.54) is 18.2 Å². The van der Waals surface area contributed by atoms with Gasteiger partial charge in [-0.15, -0.1) is 4.83 Å². The highest BCUT2D eigenvalue weighted by Gasteiger charge is 2.23. The van der Waals surface area contributed by atoms with Crippen LogP contribution in [0.1, 0.15) is 32.6 Å². The standard InChI is InChI=1S/C17H18Cl2N2O3S/c1-9-7-10(2)12(4)16(11(9)3)25(23,24)21-20-17(22)14-8-13(18)5-6-15(14)19/h5-8,21H,1-4H3,(H,20,22). The van der Waals surface area contributed by atoms with E-state index in [2.05, 4.69) is 10.3 Å². The Bertz CT molecular complexity index is 931. The summed E-state index contributed by atoms with van der Waals surface area (Å²) in [5.74, 6) is -0.698. The first-order chi connectivity index (χ1) is 11.5. The molecule has 134 valence electrons. The third-order valence-corrected chi connectivity index (χ3v) is 6.12. The van der Waals surface area contributed by atoms with Gasteiger partial charge in [-0.05, 0) is 68.1 Å². The van der Waals surface area contributed by atoms with E-state index in [-0.39, 0.29) is 15.5 Å². The molecule has 0 atom stereocenters. The van der Waals surface area contributed by atoms with E-state index in [9.17, 15) is 13.2 Å². The maximum absolute atomic E-state index is 12.7. The van der Waals surface area contributed by atoms with Crippen LogP contribution in [0.3, 0.4) is 0 Å². The van der Waals surface area contributed by atoms with Crippen molar-refractivity contribution >= 4 is 39.1 Å². The normalized spacial score (nSPS) is 11.4. The van der Waals surface area contributed by atoms with Crippen molar-refractivity contribution in [3.8, 4) is 0 Å². The third kappa shape index (κ3) is 4.15. The summed E-state index contributed by atoms with van der Waals surface area (Å²) in [7, 11) is -3.95. The fourth-order valence-corrected chi connectivity index (χ4v) is 4.32. The zero-order valence-electron chi connectivity index (χ0n) is 14.2. The van der Waals surface area contributed by atoms with Gasteiger partial charge in [0.2, 0.25) is 0 Å². The maximum atomic E-state index is 12.7. The quantitative estimate of drug-likeness (QED) is 0.765. The van der Waals surface area contributed by atoms with Gasteiger partial charge >= 0.3 is 0 Å². The van der Waals surface area contributed by atoms with Crippen molar-refractivity contribution in [2.45, 2.75) is 32.6 Å². The molecule has 2 aromatic carbocycles. The maximum Gasteiger partial charge on any atom is 0.267 e. The molecule has 2 aromatic rings. The predicted octanol–water partition coefficient (Wildman–Crippen LogP) is 3.85. The monoisotopic (exact) mass is 400 g/mol. The number of halogens is 2. The van der Waals surface area contributed by atoms with Crippen molar-refractivity contribution in [1.29, 1.82) is 0 Å². The van der Waals surface area contributed by atoms with Crippen LogP contribution in [0.5, 0.6) is 0 Å². The summed E-state index contributed by atoms with van der Waals surface area (Å²) >= 11 is 11.8. The van der Waals surface area contributed by atoms with Gasteiger partial charge in [-0.3, -0.25) is 10.2 Å². The Hall–Kier alpha value is -1.60. The Kier molecular flexibility index (Phi) is 5.79. The number of hydrogen-bond donors (Lipinski definition) is 2. The number of sulfonamides is 1. The van der Waals surface area contributed by atoms with Gasteiger partial charge in [0.05, 0.1) is 15.5 Å². The number of hydrogen-bond acceptors (Lipinski definition) is 3. The minimum absolute atomic E-state index is 0.0748. The van der Waals surface area contributed by atoms with E-state index in [0.29, 0.717) is 16.1 Å². The van der Waals surface area contributed by atoms with Gasteiger partial charge in [-0.25, -0.2) is 8.42 Å². The molecule has 0 saturated heterocycles. The molecule has 0 fully saturated rings. The first-order valence-corrected chi connectivity index (χ1v) is 9.63. The summed E-state index contributed by atoms with van der Waals surface area (Å²) < 4.78 is 25.4. The second kappa shape index (κ2) is 7.33. The Morgan fingerprint density at radius 1 is 0.960 bits per heavy atom. The van der Waals surface area contributed by atoms with E-state index in [1.807, 2.05) is 19.9 Å². The fraction of sp³-hybridized carbons (Fsp3) is 0.235. The van der Waals surface area contributed by atoms with E-state index in [4.69, 9.17) is 23.2 Å². The molecule has 0 aliphatic rings. The molecule has 0 aliphatic heterocycles. The molecule has 0 heterocycles. The minimum Gasteiger partial charge on any atom is -0.273 e. The molecule has 0 spiro atoms. The first-order valence-electron chi connectivity index (χ1n) is 7.39. The Morgan fingerprint density at radius 2 is 1.52 bits per heavy atom. The van der Waals surface area contributed by atoms with Gasteiger partial charge < -0.3 is 0 Å². The van der Waals surface area contributed by atoms with Crippen molar-refractivity contribution < 1.29 is 13.2 Å². The Balaban J connectivity index is 2.32. The van der Waals surface area contributed by atoms with Gasteiger partial charge in [0, 0.05) is 5.02 Å². The van der Waals surface area contributed by atoms with E-state index >= 15 is 0 Å². The van der Waals surface area contributed by atoms with Gasteiger partial charge in [-0.2, -0.15) is 0 Å². The third-order valence-electron chi connectivity index (χ3n) is 4.04. The lowest BCUT2D eigenvalue weighted by atomic mass is 10.0. The number of rotatable bonds is 4. The van der Waals surface area contributed by atoms with Crippen LogP contribution in [0.15, 0.2) is 29.2 Å². The molecule has 1 amide bonds. The van der Waals surface area contributed by atoms with Gasteiger partial charge in [0.25, 0.3) is 15.9 Å². The summed E-state index contributed by atoms with van der Waals surface area (Å²) in [6, 6.07) is 6.29. The van der Waals surface area contributed by atoms with Crippen molar-refractivity contribution in [1.82, 2.24) is 10.3 Å². The number of aryl methyl sites for hydroxylation is 2. The predicted molar refractivity (Wildman–Crippen MR) is 99.6 cm³/mol. The molecule has 0 unspecified atom stereocenters. The summed E-state index contributed by atoms with van der Waals surface area (Å²) in [5, 5.41) is 0.485. The molecule has 0 aromatic heterocycles. The summed E-state index contributed by atoms with van der Waals surface area (Å²) in [6.07, 6.45) is 0. The second-order valence-electron chi connectivity index (χ2n) is 5.77. The minimum atomic E-state index is -3.95. The molecule has 2 N–H and O–H groups in total. The molecule has 0 bridgehead atoms. The van der Waals surface area contributed by atoms with Crippen LogP contribution in [0.25, 0.3) is 0 Å². The average molecular weight is 401 g/mol. The number of benzene rings is 2. The number of carbonyl (C=O) groups is 1. The first kappa shape index (κ1) is 19.7. The van der Waals surface area contributed by atoms with Crippen LogP contribution in [0, 0.1) is 27.7 Å². The number of hydrazine groups is 1. The number of carbonyl (C=O) groups excluding carboxylic acids is 1. The van der Waals surface area contributed by atoms with E-state index in [0.717, 1.165) is 11.1 Å². The van der Waals surface area contributed by atoms with Gasteiger partial charge in [0.15, 0.2) is 0 Å². The van der Waals surface area contributed by atoms with Gasteiger partial charge in [0.1, 0.15) is 0 Å². The molecule has 2 rings (SSSR count). The molecule has 0 aliphatic carbocycles. The zero-order valence-corrected chi connectivity index (χ0v) is 16.5. The van der Waals surface area contributed by atoms with E-state index < -0.39 is 15.9 Å². The molecular formula is C17H18Cl2N2O3S. The number of nitrogens with one attached hydrogen (secondary N) is 2. The van der Waals surface area contributed by atoms with Crippen LogP contribution in [0.2, 0.25) is 10.0 Å². The molecule has 5 nitrogen and oxygen atoms in total. The summed E-state index contributed by atoms with van der Waals surface area (Å²) in [5.41, 5.74) is 5.22. The average Bonchev–Trinajstić information content (AvgIpc) is 2.53. The van der Waals surface area contributed by atoms with Crippen LogP contribution >= 0.6 is 23.2 Å². The zero-order chi connectivity index (χ0) is 18.9. The summed E-state index contributed by atoms with van der Waals surface area (Å²) in [6.45, 7) is 7.13. The number of amides is 1. The molecule has 25 heavy (non-hydrogen) atoms. The SMILES string of the molecule is Cc1cc(C)c(C)c(S(=O)(=O)NNC(=O)c2cc(Cl)ccc2Cl)c1C. The van der Waals surface area contributed by atoms with Crippen molar-refractivity contribution in [3.63, 3.8) is 0 Å². The lowest BCUT2D eigenvalue weighted by Crippen LogP contribution is -2.42. The van der Waals surface area contributed by atoms with Gasteiger partial charge in [-0.1, -0.05) is 29.3 Å². The van der Waals surface area contributed by atoms with Crippen molar-refractivity contribution in [3.05, 3.63) is 62.1 Å². The van der Waals surface area contributed by atoms with Crippen LogP contribution in [0.4, 0.5) is 0 Å². The lowest BCUT2D eigenvalue weighted by Gasteiger charge is -2.16. The second-order valence-corrected chi connectivity index (χ2v) is 8.24. The lowest BCUT2D eigenvalue weighted by molar-refractivity contribution is 0.0945. The van der Waals surface area contributed by atoms with Crippen LogP contribution < -0.4 is 10.3 Å². The molecular weight excluding hydrogens is 383 g/mol. The smallest absolute Gasteiger partial charge is 0.267 e. The Labute approximate surface area is 157 Å². The van der Waals surface area contributed by atoms with E-state index in [1.54, 1.807) is 13.8 Å². The highest BCUT2D eigenvalue weighted by Crippen LogP contribution is 2.26. The molecule has 8 heteroatoms.